The second-order valence-corrected chi connectivity index (χ2v) is 12.8. The van der Waals surface area contributed by atoms with E-state index in [1.54, 1.807) is 32.4 Å². The number of aryl methyl sites for hydroxylation is 1. The van der Waals surface area contributed by atoms with E-state index >= 15 is 0 Å². The number of allylic oxidation sites excluding steroid dienone is 1. The molecule has 0 saturated carbocycles. The Kier molecular flexibility index (Phi) is 9.14. The van der Waals surface area contributed by atoms with Gasteiger partial charge in [0, 0.05) is 16.8 Å². The van der Waals surface area contributed by atoms with Gasteiger partial charge in [0.25, 0.3) is 11.8 Å². The Balaban J connectivity index is 1.55. The Labute approximate surface area is 247 Å². The number of thioether (sulfide) groups is 1. The third-order valence-electron chi connectivity index (χ3n) is 5.84. The Morgan fingerprint density at radius 2 is 2.00 bits per heavy atom. The van der Waals surface area contributed by atoms with E-state index in [0.717, 1.165) is 21.9 Å². The number of nitrogen functional groups attached to an aromatic ring is 1. The molecule has 1 fully saturated rings. The second-order valence-electron chi connectivity index (χ2n) is 9.79. The standard InChI is InChI=1S/C25H28N6O7S3/c1-12-14(40-10-28-12)7-6-13-9-39-21-17(29-19(32)16(30-36-5)15-8-27-24(26)41-15)20(33)31(21)18(13)22(34)37-11-38-23(35)25(2,3)4/h6-8,10,17,21H,9,11H2,1-5H3,(H2,26,27)(H,29,32)/b7-6+,30-16+/t17-,21-/m1/s1. The lowest BCUT2D eigenvalue weighted by Gasteiger charge is -2.49. The number of carbonyl (C=O) groups is 4. The summed E-state index contributed by atoms with van der Waals surface area (Å²) in [6, 6.07) is -0.949. The Hall–Kier alpha value is -3.76. The number of ether oxygens (including phenoxy) is 2. The summed E-state index contributed by atoms with van der Waals surface area (Å²) < 4.78 is 10.3. The molecule has 2 atom stereocenters. The number of thiazole rings is 2. The molecule has 0 spiro atoms. The highest BCUT2D eigenvalue weighted by Gasteiger charge is 2.54. The summed E-state index contributed by atoms with van der Waals surface area (Å²) in [5.74, 6) is -2.22. The van der Waals surface area contributed by atoms with Crippen molar-refractivity contribution in [2.45, 2.75) is 39.1 Å². The van der Waals surface area contributed by atoms with Crippen LogP contribution in [0.1, 0.15) is 36.2 Å². The minimum atomic E-state index is -0.949. The minimum absolute atomic E-state index is 0.00971. The Bertz CT molecular complexity index is 1460. The van der Waals surface area contributed by atoms with Gasteiger partial charge in [0.15, 0.2) is 10.8 Å². The molecule has 2 aromatic rings. The van der Waals surface area contributed by atoms with E-state index in [4.69, 9.17) is 20.0 Å². The first-order chi connectivity index (χ1) is 19.4. The van der Waals surface area contributed by atoms with Crippen molar-refractivity contribution >= 4 is 75.1 Å². The van der Waals surface area contributed by atoms with Gasteiger partial charge in [-0.2, -0.15) is 0 Å². The third-order valence-corrected chi connectivity index (χ3v) is 8.87. The molecule has 13 nitrogen and oxygen atoms in total. The van der Waals surface area contributed by atoms with Crippen LogP contribution in [-0.4, -0.2) is 75.4 Å². The number of hydrogen-bond acceptors (Lipinski definition) is 14. The fourth-order valence-electron chi connectivity index (χ4n) is 3.73. The van der Waals surface area contributed by atoms with Gasteiger partial charge in [0.2, 0.25) is 6.79 Å². The number of esters is 2. The molecule has 16 heteroatoms. The molecule has 0 unspecified atom stereocenters. The molecule has 218 valence electrons. The fraction of sp³-hybridized carbons (Fsp3) is 0.400. The van der Waals surface area contributed by atoms with E-state index in [1.807, 2.05) is 13.0 Å². The van der Waals surface area contributed by atoms with E-state index in [2.05, 4.69) is 20.4 Å². The highest BCUT2D eigenvalue weighted by atomic mass is 32.2. The summed E-state index contributed by atoms with van der Waals surface area (Å²) in [5.41, 5.74) is 7.89. The van der Waals surface area contributed by atoms with Crippen molar-refractivity contribution in [3.05, 3.63) is 44.5 Å². The predicted molar refractivity (Wildman–Crippen MR) is 155 cm³/mol. The van der Waals surface area contributed by atoms with Crippen molar-refractivity contribution in [1.29, 1.82) is 0 Å². The minimum Gasteiger partial charge on any atom is -0.427 e. The van der Waals surface area contributed by atoms with Crippen molar-refractivity contribution < 1.29 is 33.5 Å². The zero-order valence-corrected chi connectivity index (χ0v) is 25.3. The maximum Gasteiger partial charge on any atom is 0.358 e. The molecule has 4 heterocycles. The van der Waals surface area contributed by atoms with Crippen LogP contribution < -0.4 is 11.1 Å². The van der Waals surface area contributed by atoms with E-state index in [-0.39, 0.29) is 16.5 Å². The van der Waals surface area contributed by atoms with Gasteiger partial charge in [-0.3, -0.25) is 19.3 Å². The highest BCUT2D eigenvalue weighted by molar-refractivity contribution is 8.00. The van der Waals surface area contributed by atoms with Crippen LogP contribution in [0.4, 0.5) is 5.13 Å². The monoisotopic (exact) mass is 620 g/mol. The maximum atomic E-state index is 13.4. The molecule has 1 saturated heterocycles. The van der Waals surface area contributed by atoms with Crippen molar-refractivity contribution in [3.8, 4) is 0 Å². The number of amides is 2. The first-order valence-corrected chi connectivity index (χ1v) is 14.9. The molecule has 0 bridgehead atoms. The van der Waals surface area contributed by atoms with Crippen LogP contribution in [0, 0.1) is 12.3 Å². The number of aromatic nitrogens is 2. The average molecular weight is 621 g/mol. The number of nitrogens with one attached hydrogen (secondary N) is 1. The van der Waals surface area contributed by atoms with E-state index in [1.165, 1.54) is 41.3 Å². The van der Waals surface area contributed by atoms with Gasteiger partial charge in [-0.05, 0) is 39.3 Å². The van der Waals surface area contributed by atoms with Gasteiger partial charge in [0.1, 0.15) is 24.2 Å². The normalized spacial score (nSPS) is 19.1. The summed E-state index contributed by atoms with van der Waals surface area (Å²) >= 11 is 3.84. The van der Waals surface area contributed by atoms with Gasteiger partial charge in [-0.1, -0.05) is 22.6 Å². The maximum absolute atomic E-state index is 13.4. The number of anilines is 1. The van der Waals surface area contributed by atoms with Crippen LogP contribution >= 0.6 is 34.4 Å². The quantitative estimate of drug-likeness (QED) is 0.138. The second kappa shape index (κ2) is 12.4. The predicted octanol–water partition coefficient (Wildman–Crippen LogP) is 2.30. The van der Waals surface area contributed by atoms with Gasteiger partial charge in [-0.15, -0.1) is 23.1 Å². The molecule has 0 aromatic carbocycles. The first-order valence-electron chi connectivity index (χ1n) is 12.2. The summed E-state index contributed by atoms with van der Waals surface area (Å²) in [5, 5.41) is 6.09. The van der Waals surface area contributed by atoms with Crippen molar-refractivity contribution in [1.82, 2.24) is 20.2 Å². The molecule has 2 aromatic heterocycles. The highest BCUT2D eigenvalue weighted by Crippen LogP contribution is 2.41. The van der Waals surface area contributed by atoms with Crippen LogP contribution in [0.15, 0.2) is 34.2 Å². The zero-order valence-electron chi connectivity index (χ0n) is 22.8. The molecule has 0 radical (unpaired) electrons. The zero-order chi connectivity index (χ0) is 29.9. The van der Waals surface area contributed by atoms with Crippen LogP contribution in [0.5, 0.6) is 0 Å². The van der Waals surface area contributed by atoms with Crippen molar-refractivity contribution in [3.63, 3.8) is 0 Å². The van der Waals surface area contributed by atoms with Crippen molar-refractivity contribution in [2.75, 3.05) is 25.4 Å². The molecule has 2 aliphatic rings. The van der Waals surface area contributed by atoms with Crippen LogP contribution in [0.25, 0.3) is 6.08 Å². The molecule has 41 heavy (non-hydrogen) atoms. The lowest BCUT2D eigenvalue weighted by molar-refractivity contribution is -0.173. The Morgan fingerprint density at radius 3 is 2.61 bits per heavy atom. The number of rotatable bonds is 9. The average Bonchev–Trinajstić information content (AvgIpc) is 3.54. The largest absolute Gasteiger partial charge is 0.427 e. The number of nitrogens with two attached hydrogens (primary N) is 1. The van der Waals surface area contributed by atoms with Gasteiger partial charge >= 0.3 is 11.9 Å². The lowest BCUT2D eigenvalue weighted by Crippen LogP contribution is -2.71. The van der Waals surface area contributed by atoms with Gasteiger partial charge in [0.05, 0.1) is 21.5 Å². The van der Waals surface area contributed by atoms with Gasteiger partial charge < -0.3 is 25.4 Å². The number of hydrogen-bond donors (Lipinski definition) is 2. The molecular formula is C25H28N6O7S3. The molecule has 4 rings (SSSR count). The lowest BCUT2D eigenvalue weighted by atomic mass is 9.98. The van der Waals surface area contributed by atoms with Crippen LogP contribution in [0.2, 0.25) is 0 Å². The van der Waals surface area contributed by atoms with Gasteiger partial charge in [-0.25, -0.2) is 14.8 Å². The summed E-state index contributed by atoms with van der Waals surface area (Å²) in [4.78, 5) is 67.3. The fourth-order valence-corrected chi connectivity index (χ4v) is 6.40. The van der Waals surface area contributed by atoms with Crippen LogP contribution in [0.3, 0.4) is 0 Å². The molecule has 2 aliphatic heterocycles. The summed E-state index contributed by atoms with van der Waals surface area (Å²) in [6.45, 7) is 6.27. The number of β-lactam (4-membered cyclic amide) rings is 1. The smallest absolute Gasteiger partial charge is 0.358 e. The molecule has 2 amide bonds. The SMILES string of the molecule is CO/N=C(/C(=O)N[C@@H]1C(=O)N2C(C(=O)OCOC(=O)C(C)(C)C)=C(/C=C/c3scnc3C)CS[C@H]12)c1cnc(N)s1. The summed E-state index contributed by atoms with van der Waals surface area (Å²) in [7, 11) is 1.29. The Morgan fingerprint density at radius 1 is 1.24 bits per heavy atom. The van der Waals surface area contributed by atoms with Crippen LogP contribution in [-0.2, 0) is 33.5 Å². The first kappa shape index (κ1) is 30.2. The van der Waals surface area contributed by atoms with E-state index < -0.39 is 47.4 Å². The van der Waals surface area contributed by atoms with E-state index in [9.17, 15) is 19.2 Å². The molecule has 3 N–H and O–H groups in total. The van der Waals surface area contributed by atoms with Crippen molar-refractivity contribution in [2.24, 2.45) is 10.6 Å². The molecular weight excluding hydrogens is 593 g/mol. The number of oxime groups is 1. The number of nitrogens with zero attached hydrogens (tertiary/aromatic N) is 4. The van der Waals surface area contributed by atoms with E-state index in [0.29, 0.717) is 16.2 Å². The number of carbonyl (C=O) groups excluding carboxylic acids is 4. The number of fused-ring (bicyclic) bond motifs is 1. The third kappa shape index (κ3) is 6.60. The topological polar surface area (TPSA) is 175 Å². The molecule has 0 aliphatic carbocycles. The summed E-state index contributed by atoms with van der Waals surface area (Å²) in [6.07, 6.45) is 4.93.